The summed E-state index contributed by atoms with van der Waals surface area (Å²) >= 11 is 0. The highest BCUT2D eigenvalue weighted by Crippen LogP contribution is 2.43. The van der Waals surface area contributed by atoms with E-state index in [1.54, 1.807) is 18.2 Å². The third kappa shape index (κ3) is 5.58. The Morgan fingerprint density at radius 1 is 0.818 bits per heavy atom. The molecule has 1 heterocycles. The van der Waals surface area contributed by atoms with Gasteiger partial charge in [0.1, 0.15) is 0 Å². The number of benzene rings is 1. The second-order valence-corrected chi connectivity index (χ2v) is 12.5. The van der Waals surface area contributed by atoms with E-state index in [0.29, 0.717) is 13.1 Å². The second-order valence-electron chi connectivity index (χ2n) is 7.70. The first-order valence-electron chi connectivity index (χ1n) is 11.1. The van der Waals surface area contributed by atoms with Crippen molar-refractivity contribution in [2.75, 3.05) is 32.8 Å². The van der Waals surface area contributed by atoms with Crippen LogP contribution in [0, 0.1) is 0 Å². The molecule has 2 unspecified atom stereocenters. The Balaban J connectivity index is 2.75. The molecule has 33 heavy (non-hydrogen) atoms. The summed E-state index contributed by atoms with van der Waals surface area (Å²) in [6.45, 7) is 8.00. The molecule has 1 aromatic carbocycles. The van der Waals surface area contributed by atoms with Gasteiger partial charge in [-0.1, -0.05) is 44.2 Å². The van der Waals surface area contributed by atoms with Gasteiger partial charge in [-0.2, -0.15) is 0 Å². The van der Waals surface area contributed by atoms with Crippen LogP contribution >= 0.6 is 0 Å². The van der Waals surface area contributed by atoms with Gasteiger partial charge in [0, 0.05) is 12.5 Å². The van der Waals surface area contributed by atoms with Gasteiger partial charge in [-0.3, -0.25) is 9.59 Å². The van der Waals surface area contributed by atoms with E-state index in [1.165, 1.54) is 26.0 Å². The summed E-state index contributed by atoms with van der Waals surface area (Å²) in [5, 5.41) is -3.70. The quantitative estimate of drug-likeness (QED) is 0.437. The van der Waals surface area contributed by atoms with Crippen LogP contribution < -0.4 is 0 Å². The molecule has 0 saturated carbocycles. The maximum Gasteiger partial charge on any atom is 0.325 e. The highest BCUT2D eigenvalue weighted by Gasteiger charge is 2.63. The average Bonchev–Trinajstić information content (AvgIpc) is 2.76. The first-order valence-corrected chi connectivity index (χ1v) is 14.4. The van der Waals surface area contributed by atoms with Crippen LogP contribution in [0.2, 0.25) is 0 Å². The molecule has 0 spiro atoms. The number of rotatable bonds is 10. The normalized spacial score (nSPS) is 26.0. The molecule has 0 aromatic heterocycles. The van der Waals surface area contributed by atoms with Gasteiger partial charge < -0.3 is 14.4 Å². The molecule has 4 atom stereocenters. The summed E-state index contributed by atoms with van der Waals surface area (Å²) in [7, 11) is -9.16. The average molecular weight is 504 g/mol. The molecule has 0 radical (unpaired) electrons. The van der Waals surface area contributed by atoms with Crippen LogP contribution in [0.15, 0.2) is 30.3 Å². The number of hydrogen-bond donors (Lipinski definition) is 0. The molecule has 0 N–H and O–H groups in total. The molecule has 1 aromatic rings. The first-order chi connectivity index (χ1) is 15.6. The van der Waals surface area contributed by atoms with Crippen LogP contribution in [0.3, 0.4) is 0 Å². The lowest BCUT2D eigenvalue weighted by molar-refractivity contribution is -0.145. The topological polar surface area (TPSA) is 124 Å². The van der Waals surface area contributed by atoms with Crippen molar-refractivity contribution in [2.45, 2.75) is 55.1 Å². The van der Waals surface area contributed by atoms with Crippen LogP contribution in [-0.2, 0) is 38.7 Å². The molecule has 1 saturated heterocycles. The fraction of sp³-hybridized carbons (Fsp3) is 0.636. The van der Waals surface area contributed by atoms with Crippen LogP contribution in [0.4, 0.5) is 0 Å². The number of carbonyl (C=O) groups excluding carboxylic acids is 2. The highest BCUT2D eigenvalue weighted by atomic mass is 32.3. The van der Waals surface area contributed by atoms with Crippen molar-refractivity contribution < 1.29 is 35.9 Å². The molecule has 2 rings (SSSR count). The molecular weight excluding hydrogens is 470 g/mol. The summed E-state index contributed by atoms with van der Waals surface area (Å²) in [6, 6.07) is 7.85. The van der Waals surface area contributed by atoms with E-state index in [1.807, 2.05) is 18.7 Å². The van der Waals surface area contributed by atoms with Crippen molar-refractivity contribution in [1.29, 1.82) is 0 Å². The lowest BCUT2D eigenvalue weighted by Crippen LogP contribution is -2.60. The fourth-order valence-electron chi connectivity index (χ4n) is 4.27. The monoisotopic (exact) mass is 503 g/mol. The third-order valence-corrected chi connectivity index (χ3v) is 11.8. The van der Waals surface area contributed by atoms with Crippen LogP contribution in [0.25, 0.3) is 0 Å². The van der Waals surface area contributed by atoms with Crippen molar-refractivity contribution >= 4 is 31.6 Å². The Morgan fingerprint density at radius 3 is 1.67 bits per heavy atom. The molecule has 1 aliphatic rings. The van der Waals surface area contributed by atoms with E-state index in [-0.39, 0.29) is 31.7 Å². The summed E-state index contributed by atoms with van der Waals surface area (Å²) in [5.41, 5.74) is 0.239. The lowest BCUT2D eigenvalue weighted by Gasteiger charge is -2.39. The van der Waals surface area contributed by atoms with Gasteiger partial charge in [-0.05, 0) is 38.9 Å². The molecule has 1 fully saturated rings. The third-order valence-electron chi connectivity index (χ3n) is 5.89. The predicted octanol–water partition coefficient (Wildman–Crippen LogP) is 1.53. The standard InChI is InChI=1S/C22H33NO8S2/c1-5-23(6-2)15-14-17-32(26,27)19(21(24)30-7-3)18(16-12-10-9-11-13-16)20(33(17,28)29)22(25)31-8-4/h9-13,17-20H,5-8,14-15H2,1-4H3/t17?,18?,19-,20+. The van der Waals surface area contributed by atoms with Gasteiger partial charge >= 0.3 is 11.9 Å². The lowest BCUT2D eigenvalue weighted by atomic mass is 9.91. The van der Waals surface area contributed by atoms with Crippen LogP contribution in [0.1, 0.15) is 45.6 Å². The van der Waals surface area contributed by atoms with Gasteiger partial charge in [-0.15, -0.1) is 0 Å². The van der Waals surface area contributed by atoms with E-state index in [2.05, 4.69) is 0 Å². The smallest absolute Gasteiger partial charge is 0.325 e. The fourth-order valence-corrected chi connectivity index (χ4v) is 10.2. The van der Waals surface area contributed by atoms with E-state index < -0.39 is 52.6 Å². The SMILES string of the molecule is CCOC(=O)[C@@H]1C(c2ccccc2)[C@H](C(=O)OCC)S(=O)(=O)C(CCN(CC)CC)S1(=O)=O. The van der Waals surface area contributed by atoms with Gasteiger partial charge in [0.2, 0.25) is 0 Å². The van der Waals surface area contributed by atoms with Crippen molar-refractivity contribution in [1.82, 2.24) is 4.90 Å². The van der Waals surface area contributed by atoms with Crippen molar-refractivity contribution in [2.24, 2.45) is 0 Å². The molecule has 9 nitrogen and oxygen atoms in total. The molecule has 1 aliphatic heterocycles. The van der Waals surface area contributed by atoms with Crippen LogP contribution in [0.5, 0.6) is 0 Å². The van der Waals surface area contributed by atoms with E-state index in [4.69, 9.17) is 9.47 Å². The Morgan fingerprint density at radius 2 is 1.27 bits per heavy atom. The Labute approximate surface area is 196 Å². The number of sulfone groups is 2. The van der Waals surface area contributed by atoms with E-state index in [9.17, 15) is 26.4 Å². The number of nitrogens with zero attached hydrogens (tertiary/aromatic N) is 1. The number of ether oxygens (including phenoxy) is 2. The van der Waals surface area contributed by atoms with Gasteiger partial charge in [-0.25, -0.2) is 16.8 Å². The molecular formula is C22H33NO8S2. The van der Waals surface area contributed by atoms with Crippen molar-refractivity contribution in [3.8, 4) is 0 Å². The van der Waals surface area contributed by atoms with E-state index in [0.717, 1.165) is 0 Å². The zero-order chi connectivity index (χ0) is 24.8. The molecule has 186 valence electrons. The predicted molar refractivity (Wildman–Crippen MR) is 124 cm³/mol. The Kier molecular flexibility index (Phi) is 9.45. The minimum atomic E-state index is -4.58. The zero-order valence-corrected chi connectivity index (χ0v) is 21.1. The molecule has 0 bridgehead atoms. The van der Waals surface area contributed by atoms with Crippen molar-refractivity contribution in [3.63, 3.8) is 0 Å². The van der Waals surface area contributed by atoms with Gasteiger partial charge in [0.15, 0.2) is 34.8 Å². The Bertz CT molecular complexity index is 964. The van der Waals surface area contributed by atoms with Gasteiger partial charge in [0.05, 0.1) is 13.2 Å². The number of esters is 2. The number of hydrogen-bond acceptors (Lipinski definition) is 9. The minimum absolute atomic E-state index is 0.0900. The maximum atomic E-state index is 13.7. The maximum absolute atomic E-state index is 13.7. The molecule has 0 amide bonds. The summed E-state index contributed by atoms with van der Waals surface area (Å²) in [6.07, 6.45) is -0.264. The highest BCUT2D eigenvalue weighted by molar-refractivity contribution is 8.11. The largest absolute Gasteiger partial charge is 0.465 e. The second kappa shape index (κ2) is 11.4. The van der Waals surface area contributed by atoms with Crippen molar-refractivity contribution in [3.05, 3.63) is 35.9 Å². The van der Waals surface area contributed by atoms with Gasteiger partial charge in [0.25, 0.3) is 0 Å². The summed E-state index contributed by atoms with van der Waals surface area (Å²) < 4.78 is 63.0. The zero-order valence-electron chi connectivity index (χ0n) is 19.5. The Hall–Kier alpha value is -1.98. The summed E-state index contributed by atoms with van der Waals surface area (Å²) in [5.74, 6) is -3.62. The number of carbonyl (C=O) groups is 2. The minimum Gasteiger partial charge on any atom is -0.465 e. The van der Waals surface area contributed by atoms with Crippen LogP contribution in [-0.4, -0.2) is 81.6 Å². The molecule has 11 heteroatoms. The first kappa shape index (κ1) is 27.3. The van der Waals surface area contributed by atoms with E-state index >= 15 is 0 Å². The summed E-state index contributed by atoms with van der Waals surface area (Å²) in [4.78, 5) is 27.8. The molecule has 0 aliphatic carbocycles.